The van der Waals surface area contributed by atoms with Crippen LogP contribution in [0.15, 0.2) is 60.7 Å². The molecule has 0 bridgehead atoms. The number of aliphatic hydroxyl groups is 1. The van der Waals surface area contributed by atoms with E-state index in [1.165, 1.54) is 16.7 Å². The summed E-state index contributed by atoms with van der Waals surface area (Å²) < 4.78 is 10.5. The SMILES string of the molecule is CC(C)OC(=O)[C@@H](O)[C@H](Cc1ccccc1)C(=O)N[C@H]1CSCN1C(=O)[C@@H](NC(=O)OCc1ccccc1)C(C)C. The molecular formula is C30H39N3O7S. The predicted molar refractivity (Wildman–Crippen MR) is 155 cm³/mol. The van der Waals surface area contributed by atoms with E-state index in [-0.39, 0.29) is 24.9 Å². The standard InChI is InChI=1S/C30H39N3O7S/c1-19(2)25(32-30(38)39-16-22-13-9-6-10-14-22)28(36)33-18-41-17-24(33)31-27(35)23(15-21-11-7-5-8-12-21)26(34)29(37)40-20(3)4/h5-14,19-20,23-26,34H,15-18H2,1-4H3,(H,31,35)(H,32,38)/t23-,24+,25-,26-/m0/s1. The molecule has 0 aromatic heterocycles. The van der Waals surface area contributed by atoms with Crippen molar-refractivity contribution in [2.75, 3.05) is 11.6 Å². The average molecular weight is 586 g/mol. The lowest BCUT2D eigenvalue weighted by Gasteiger charge is -2.32. The lowest BCUT2D eigenvalue weighted by molar-refractivity contribution is -0.163. The largest absolute Gasteiger partial charge is 0.461 e. The van der Waals surface area contributed by atoms with Gasteiger partial charge in [-0.3, -0.25) is 9.59 Å². The number of thioether (sulfide) groups is 1. The third-order valence-corrected chi connectivity index (χ3v) is 7.51. The number of carbonyl (C=O) groups is 4. The number of rotatable bonds is 12. The number of carbonyl (C=O) groups excluding carboxylic acids is 4. The number of hydrogen-bond acceptors (Lipinski definition) is 8. The van der Waals surface area contributed by atoms with E-state index in [0.717, 1.165) is 11.1 Å². The fourth-order valence-electron chi connectivity index (χ4n) is 4.32. The van der Waals surface area contributed by atoms with E-state index in [1.807, 2.05) is 50.2 Å². The van der Waals surface area contributed by atoms with Gasteiger partial charge in [-0.05, 0) is 37.3 Å². The van der Waals surface area contributed by atoms with Gasteiger partial charge in [0.05, 0.1) is 17.9 Å². The zero-order valence-electron chi connectivity index (χ0n) is 23.8. The van der Waals surface area contributed by atoms with Crippen LogP contribution in [0.5, 0.6) is 0 Å². The number of nitrogens with one attached hydrogen (secondary N) is 2. The number of nitrogens with zero attached hydrogens (tertiary/aromatic N) is 1. The summed E-state index contributed by atoms with van der Waals surface area (Å²) in [6, 6.07) is 17.4. The Morgan fingerprint density at radius 1 is 0.976 bits per heavy atom. The second-order valence-corrected chi connectivity index (χ2v) is 11.5. The van der Waals surface area contributed by atoms with E-state index in [9.17, 15) is 24.3 Å². The Bertz CT molecular complexity index is 1160. The van der Waals surface area contributed by atoms with Gasteiger partial charge in [-0.15, -0.1) is 11.8 Å². The van der Waals surface area contributed by atoms with Gasteiger partial charge >= 0.3 is 12.1 Å². The molecule has 2 aromatic carbocycles. The van der Waals surface area contributed by atoms with Crippen molar-refractivity contribution in [2.45, 2.75) is 65.1 Å². The van der Waals surface area contributed by atoms with Gasteiger partial charge in [0.2, 0.25) is 11.8 Å². The van der Waals surface area contributed by atoms with Crippen molar-refractivity contribution in [3.05, 3.63) is 71.8 Å². The van der Waals surface area contributed by atoms with Gasteiger partial charge in [-0.25, -0.2) is 9.59 Å². The molecule has 10 nitrogen and oxygen atoms in total. The number of esters is 1. The van der Waals surface area contributed by atoms with Gasteiger partial charge in [-0.1, -0.05) is 74.5 Å². The summed E-state index contributed by atoms with van der Waals surface area (Å²) >= 11 is 1.45. The van der Waals surface area contributed by atoms with Crippen LogP contribution in [0.25, 0.3) is 0 Å². The number of ether oxygens (including phenoxy) is 2. The number of aliphatic hydroxyl groups excluding tert-OH is 1. The maximum absolute atomic E-state index is 13.6. The Labute approximate surface area is 245 Å². The highest BCUT2D eigenvalue weighted by Gasteiger charge is 2.40. The summed E-state index contributed by atoms with van der Waals surface area (Å²) in [5, 5.41) is 16.3. The molecule has 3 N–H and O–H groups in total. The lowest BCUT2D eigenvalue weighted by Crippen LogP contribution is -2.58. The summed E-state index contributed by atoms with van der Waals surface area (Å²) in [4.78, 5) is 53.6. The zero-order valence-corrected chi connectivity index (χ0v) is 24.6. The molecule has 0 saturated carbocycles. The minimum atomic E-state index is -1.69. The fourth-order valence-corrected chi connectivity index (χ4v) is 5.41. The number of amides is 3. The first-order valence-corrected chi connectivity index (χ1v) is 14.8. The summed E-state index contributed by atoms with van der Waals surface area (Å²) in [6.45, 7) is 7.00. The van der Waals surface area contributed by atoms with Gasteiger partial charge in [0.15, 0.2) is 6.10 Å². The van der Waals surface area contributed by atoms with Crippen molar-refractivity contribution < 1.29 is 33.8 Å². The molecule has 1 heterocycles. The number of hydrogen-bond donors (Lipinski definition) is 3. The van der Waals surface area contributed by atoms with E-state index in [2.05, 4.69) is 10.6 Å². The van der Waals surface area contributed by atoms with Crippen molar-refractivity contribution in [3.8, 4) is 0 Å². The first kappa shape index (κ1) is 32.0. The molecule has 0 radical (unpaired) electrons. The van der Waals surface area contributed by atoms with E-state index in [0.29, 0.717) is 11.6 Å². The molecule has 41 heavy (non-hydrogen) atoms. The van der Waals surface area contributed by atoms with Gasteiger partial charge in [-0.2, -0.15) is 0 Å². The molecule has 1 aliphatic rings. The third kappa shape index (κ3) is 9.50. The summed E-state index contributed by atoms with van der Waals surface area (Å²) in [6.07, 6.45) is -3.48. The van der Waals surface area contributed by atoms with Gasteiger partial charge in [0, 0.05) is 5.75 Å². The van der Waals surface area contributed by atoms with E-state index >= 15 is 0 Å². The van der Waals surface area contributed by atoms with Crippen LogP contribution < -0.4 is 10.6 Å². The molecule has 1 aliphatic heterocycles. The van der Waals surface area contributed by atoms with Crippen molar-refractivity contribution >= 4 is 35.6 Å². The highest BCUT2D eigenvalue weighted by atomic mass is 32.2. The van der Waals surface area contributed by atoms with Crippen molar-refractivity contribution in [1.82, 2.24) is 15.5 Å². The number of benzene rings is 2. The van der Waals surface area contributed by atoms with Gasteiger partial charge in [0.25, 0.3) is 0 Å². The van der Waals surface area contributed by atoms with Gasteiger partial charge in [0.1, 0.15) is 18.8 Å². The first-order valence-electron chi connectivity index (χ1n) is 13.6. The molecule has 11 heteroatoms. The fraction of sp³-hybridized carbons (Fsp3) is 0.467. The Kier molecular flexibility index (Phi) is 12.0. The molecule has 3 amide bonds. The molecule has 1 fully saturated rings. The second kappa shape index (κ2) is 15.4. The van der Waals surface area contributed by atoms with Crippen LogP contribution in [0, 0.1) is 11.8 Å². The van der Waals surface area contributed by atoms with Crippen LogP contribution >= 0.6 is 11.8 Å². The zero-order chi connectivity index (χ0) is 29.9. The second-order valence-electron chi connectivity index (χ2n) is 10.5. The molecule has 0 unspecified atom stereocenters. The van der Waals surface area contributed by atoms with Crippen LogP contribution in [-0.2, 0) is 36.9 Å². The molecule has 3 rings (SSSR count). The van der Waals surface area contributed by atoms with Crippen LogP contribution in [0.2, 0.25) is 0 Å². The molecule has 0 spiro atoms. The normalized spacial score (nSPS) is 17.0. The molecule has 222 valence electrons. The summed E-state index contributed by atoms with van der Waals surface area (Å²) in [5.74, 6) is -2.52. The molecule has 0 aliphatic carbocycles. The predicted octanol–water partition coefficient (Wildman–Crippen LogP) is 3.08. The maximum atomic E-state index is 13.6. The highest BCUT2D eigenvalue weighted by Crippen LogP contribution is 2.23. The summed E-state index contributed by atoms with van der Waals surface area (Å²) in [5.41, 5.74) is 1.58. The summed E-state index contributed by atoms with van der Waals surface area (Å²) in [7, 11) is 0. The molecule has 1 saturated heterocycles. The highest BCUT2D eigenvalue weighted by molar-refractivity contribution is 7.99. The molecule has 2 aromatic rings. The topological polar surface area (TPSA) is 134 Å². The van der Waals surface area contributed by atoms with Crippen molar-refractivity contribution in [2.24, 2.45) is 11.8 Å². The monoisotopic (exact) mass is 585 g/mol. The molecular weight excluding hydrogens is 546 g/mol. The van der Waals surface area contributed by atoms with Crippen molar-refractivity contribution in [3.63, 3.8) is 0 Å². The minimum absolute atomic E-state index is 0.0638. The quantitative estimate of drug-likeness (QED) is 0.324. The van der Waals surface area contributed by atoms with E-state index in [4.69, 9.17) is 9.47 Å². The van der Waals surface area contributed by atoms with Crippen molar-refractivity contribution in [1.29, 1.82) is 0 Å². The average Bonchev–Trinajstić information content (AvgIpc) is 3.41. The van der Waals surface area contributed by atoms with E-state index in [1.54, 1.807) is 38.1 Å². The van der Waals surface area contributed by atoms with Crippen LogP contribution in [0.3, 0.4) is 0 Å². The van der Waals surface area contributed by atoms with Crippen LogP contribution in [0.4, 0.5) is 4.79 Å². The Balaban J connectivity index is 1.69. The lowest BCUT2D eigenvalue weighted by atomic mass is 9.92. The number of alkyl carbamates (subject to hydrolysis) is 1. The smallest absolute Gasteiger partial charge is 0.408 e. The van der Waals surface area contributed by atoms with Gasteiger partial charge < -0.3 is 30.1 Å². The Morgan fingerprint density at radius 2 is 1.59 bits per heavy atom. The molecule has 4 atom stereocenters. The Hall–Kier alpha value is -3.57. The minimum Gasteiger partial charge on any atom is -0.461 e. The maximum Gasteiger partial charge on any atom is 0.408 e. The van der Waals surface area contributed by atoms with Crippen LogP contribution in [-0.4, -0.2) is 69.9 Å². The Morgan fingerprint density at radius 3 is 2.17 bits per heavy atom. The van der Waals surface area contributed by atoms with E-state index < -0.39 is 48.3 Å². The first-order chi connectivity index (χ1) is 19.6. The van der Waals surface area contributed by atoms with Crippen LogP contribution in [0.1, 0.15) is 38.8 Å². The third-order valence-electron chi connectivity index (χ3n) is 6.50.